The molecule has 2 unspecified atom stereocenters. The molecule has 6 atom stereocenters. The summed E-state index contributed by atoms with van der Waals surface area (Å²) < 4.78 is -0.649. The van der Waals surface area contributed by atoms with Crippen molar-refractivity contribution in [3.63, 3.8) is 0 Å². The highest BCUT2D eigenvalue weighted by atomic mass is 32.2. The number of hydrogen-bond donors (Lipinski definition) is 1. The van der Waals surface area contributed by atoms with Crippen LogP contribution >= 0.6 is 11.8 Å². The van der Waals surface area contributed by atoms with Crippen LogP contribution in [0.2, 0.25) is 0 Å². The zero-order valence-electron chi connectivity index (χ0n) is 22.7. The summed E-state index contributed by atoms with van der Waals surface area (Å²) in [5.41, 5.74) is 0. The van der Waals surface area contributed by atoms with Crippen LogP contribution in [0.5, 0.6) is 0 Å². The maximum Gasteiger partial charge on any atom is 0.247 e. The van der Waals surface area contributed by atoms with E-state index in [4.69, 9.17) is 0 Å². The fourth-order valence-electron chi connectivity index (χ4n) is 6.64. The van der Waals surface area contributed by atoms with Gasteiger partial charge in [0.2, 0.25) is 17.7 Å². The molecule has 36 heavy (non-hydrogen) atoms. The summed E-state index contributed by atoms with van der Waals surface area (Å²) in [5.74, 6) is -0.996. The van der Waals surface area contributed by atoms with Crippen molar-refractivity contribution in [2.45, 2.75) is 88.4 Å². The molecule has 1 spiro atoms. The zero-order valence-corrected chi connectivity index (χ0v) is 23.5. The Morgan fingerprint density at radius 3 is 2.39 bits per heavy atom. The molecule has 0 aromatic heterocycles. The van der Waals surface area contributed by atoms with Crippen molar-refractivity contribution in [1.29, 1.82) is 0 Å². The molecule has 0 aliphatic carbocycles. The summed E-state index contributed by atoms with van der Waals surface area (Å²) in [6.07, 6.45) is 6.42. The third-order valence-electron chi connectivity index (χ3n) is 7.99. The topological polar surface area (TPSA) is 81.2 Å². The summed E-state index contributed by atoms with van der Waals surface area (Å²) in [5, 5.41) is 10.4. The van der Waals surface area contributed by atoms with Crippen molar-refractivity contribution in [3.8, 4) is 0 Å². The summed E-state index contributed by atoms with van der Waals surface area (Å²) in [6, 6.07) is -1.21. The summed E-state index contributed by atoms with van der Waals surface area (Å²) >= 11 is 1.69. The monoisotopic (exact) mass is 519 g/mol. The van der Waals surface area contributed by atoms with Crippen LogP contribution in [0.1, 0.15) is 60.3 Å². The van der Waals surface area contributed by atoms with Gasteiger partial charge in [0.05, 0.1) is 29.2 Å². The number of nitrogens with zero attached hydrogens (tertiary/aromatic N) is 3. The number of amides is 3. The van der Waals surface area contributed by atoms with Gasteiger partial charge in [0.1, 0.15) is 6.04 Å². The van der Waals surface area contributed by atoms with Crippen LogP contribution in [-0.2, 0) is 14.4 Å². The van der Waals surface area contributed by atoms with Crippen molar-refractivity contribution < 1.29 is 19.5 Å². The first-order valence-electron chi connectivity index (χ1n) is 13.5. The highest BCUT2D eigenvalue weighted by Crippen LogP contribution is 2.67. The molecule has 3 saturated heterocycles. The molecule has 3 rings (SSSR count). The van der Waals surface area contributed by atoms with Crippen molar-refractivity contribution in [3.05, 3.63) is 25.3 Å². The standard InChI is InChI=1S/C28H45N3O4S/c1-8-13-29(14-9-2)25(33)22-21-11-12-28(36-21)23(22)26(34)31(20(17-32)16-18(4)5)24(28)27(35)30(15-10-3)19(6)7/h8,10,18-24,32H,1,3,9,11-17H2,2,4-7H3/t20-,21+,22-,23+,24?,28?/m1/s1. The molecule has 3 aliphatic rings. The average molecular weight is 520 g/mol. The first-order valence-corrected chi connectivity index (χ1v) is 14.4. The van der Waals surface area contributed by atoms with Crippen LogP contribution in [0.4, 0.5) is 0 Å². The fraction of sp³-hybridized carbons (Fsp3) is 0.750. The van der Waals surface area contributed by atoms with E-state index in [0.717, 1.165) is 19.3 Å². The largest absolute Gasteiger partial charge is 0.394 e. The lowest BCUT2D eigenvalue weighted by molar-refractivity contribution is -0.147. The molecule has 8 heteroatoms. The van der Waals surface area contributed by atoms with Gasteiger partial charge in [-0.25, -0.2) is 0 Å². The van der Waals surface area contributed by atoms with Crippen LogP contribution in [0, 0.1) is 17.8 Å². The van der Waals surface area contributed by atoms with E-state index >= 15 is 0 Å². The van der Waals surface area contributed by atoms with Crippen molar-refractivity contribution in [2.75, 3.05) is 26.2 Å². The number of fused-ring (bicyclic) bond motifs is 1. The maximum absolute atomic E-state index is 14.3. The molecular formula is C28H45N3O4S. The second-order valence-corrected chi connectivity index (χ2v) is 12.8. The minimum absolute atomic E-state index is 0.00145. The first-order chi connectivity index (χ1) is 17.1. The highest BCUT2D eigenvalue weighted by Gasteiger charge is 2.74. The Bertz CT molecular complexity index is 862. The Labute approximate surface area is 221 Å². The summed E-state index contributed by atoms with van der Waals surface area (Å²) in [4.78, 5) is 47.7. The number of aliphatic hydroxyl groups excluding tert-OH is 1. The second-order valence-electron chi connectivity index (χ2n) is 11.2. The normalized spacial score (nSPS) is 29.6. The minimum atomic E-state index is -0.694. The predicted molar refractivity (Wildman–Crippen MR) is 145 cm³/mol. The number of hydrogen-bond acceptors (Lipinski definition) is 5. The van der Waals surface area contributed by atoms with E-state index in [1.807, 2.05) is 25.7 Å². The summed E-state index contributed by atoms with van der Waals surface area (Å²) in [7, 11) is 0. The molecule has 7 nitrogen and oxygen atoms in total. The zero-order chi connectivity index (χ0) is 26.8. The Hall–Kier alpha value is -1.80. The van der Waals surface area contributed by atoms with Crippen LogP contribution in [0.15, 0.2) is 25.3 Å². The number of carbonyl (C=O) groups is 3. The molecule has 0 aromatic rings. The lowest BCUT2D eigenvalue weighted by Gasteiger charge is -2.41. The third kappa shape index (κ3) is 4.87. The van der Waals surface area contributed by atoms with Gasteiger partial charge in [0.15, 0.2) is 0 Å². The van der Waals surface area contributed by atoms with Gasteiger partial charge in [-0.05, 0) is 45.4 Å². The van der Waals surface area contributed by atoms with E-state index in [1.54, 1.807) is 33.7 Å². The number of likely N-dealkylation sites (tertiary alicyclic amines) is 1. The lowest BCUT2D eigenvalue weighted by Crippen LogP contribution is -2.58. The van der Waals surface area contributed by atoms with Crippen molar-refractivity contribution in [1.82, 2.24) is 14.7 Å². The number of thioether (sulfide) groups is 1. The van der Waals surface area contributed by atoms with Gasteiger partial charge in [-0.2, -0.15) is 0 Å². The van der Waals surface area contributed by atoms with Crippen LogP contribution in [0.3, 0.4) is 0 Å². The Kier molecular flexibility index (Phi) is 9.36. The van der Waals surface area contributed by atoms with E-state index in [1.165, 1.54) is 0 Å². The molecule has 0 aromatic carbocycles. The summed E-state index contributed by atoms with van der Waals surface area (Å²) in [6.45, 7) is 19.0. The van der Waals surface area contributed by atoms with E-state index < -0.39 is 28.7 Å². The van der Waals surface area contributed by atoms with Gasteiger partial charge in [0, 0.05) is 30.9 Å². The third-order valence-corrected chi connectivity index (χ3v) is 9.94. The first kappa shape index (κ1) is 28.8. The lowest BCUT2D eigenvalue weighted by atomic mass is 9.70. The van der Waals surface area contributed by atoms with Crippen LogP contribution < -0.4 is 0 Å². The van der Waals surface area contributed by atoms with E-state index in [2.05, 4.69) is 27.0 Å². The van der Waals surface area contributed by atoms with E-state index in [0.29, 0.717) is 26.1 Å². The van der Waals surface area contributed by atoms with Gasteiger partial charge in [0.25, 0.3) is 0 Å². The number of rotatable bonds is 13. The van der Waals surface area contributed by atoms with E-state index in [-0.39, 0.29) is 41.5 Å². The number of carbonyl (C=O) groups excluding carboxylic acids is 3. The minimum Gasteiger partial charge on any atom is -0.394 e. The van der Waals surface area contributed by atoms with Gasteiger partial charge in [-0.3, -0.25) is 14.4 Å². The molecule has 3 fully saturated rings. The van der Waals surface area contributed by atoms with Crippen LogP contribution in [-0.4, -0.2) is 91.9 Å². The van der Waals surface area contributed by atoms with Crippen molar-refractivity contribution >= 4 is 29.5 Å². The Morgan fingerprint density at radius 1 is 1.19 bits per heavy atom. The molecule has 202 valence electrons. The molecule has 3 heterocycles. The van der Waals surface area contributed by atoms with Gasteiger partial charge in [-0.15, -0.1) is 24.9 Å². The molecule has 0 saturated carbocycles. The van der Waals surface area contributed by atoms with Crippen molar-refractivity contribution in [2.24, 2.45) is 17.8 Å². The molecule has 1 N–H and O–H groups in total. The predicted octanol–water partition coefficient (Wildman–Crippen LogP) is 3.33. The van der Waals surface area contributed by atoms with Gasteiger partial charge >= 0.3 is 0 Å². The quantitative estimate of drug-likeness (QED) is 0.378. The Balaban J connectivity index is 2.10. The molecule has 3 amide bonds. The molecule has 3 aliphatic heterocycles. The van der Waals surface area contributed by atoms with Gasteiger partial charge < -0.3 is 19.8 Å². The fourth-order valence-corrected chi connectivity index (χ4v) is 8.84. The second kappa shape index (κ2) is 11.7. The van der Waals surface area contributed by atoms with Gasteiger partial charge in [-0.1, -0.05) is 32.9 Å². The smallest absolute Gasteiger partial charge is 0.247 e. The highest BCUT2D eigenvalue weighted by molar-refractivity contribution is 8.02. The molecule has 0 radical (unpaired) electrons. The SMILES string of the molecule is C=CCN(CCC)C(=O)[C@@H]1[C@@H]2CCC3(S2)C(C(=O)N(CC=C)C(C)C)N([C@@H](CO)CC(C)C)C(=O)[C@H]13. The van der Waals surface area contributed by atoms with Crippen LogP contribution in [0.25, 0.3) is 0 Å². The van der Waals surface area contributed by atoms with E-state index in [9.17, 15) is 19.5 Å². The maximum atomic E-state index is 14.3. The number of aliphatic hydroxyl groups is 1. The Morgan fingerprint density at radius 2 is 1.86 bits per heavy atom. The molecular weight excluding hydrogens is 474 g/mol. The average Bonchev–Trinajstić information content (AvgIpc) is 3.47. The molecule has 2 bridgehead atoms.